The molecule has 1 aromatic rings. The van der Waals surface area contributed by atoms with Crippen LogP contribution in [0, 0.1) is 15.5 Å². The first-order chi connectivity index (χ1) is 8.25. The van der Waals surface area contributed by atoms with E-state index >= 15 is 0 Å². The molecule has 0 heterocycles. The van der Waals surface area contributed by atoms with Crippen molar-refractivity contribution >= 4 is 5.69 Å². The molecule has 0 aliphatic heterocycles. The lowest BCUT2D eigenvalue weighted by Gasteiger charge is -2.25. The Hall–Kier alpha value is -1.62. The number of nitro benzene ring substituents is 1. The van der Waals surface area contributed by atoms with Crippen molar-refractivity contribution in [2.24, 2.45) is 5.41 Å². The molecule has 18 heavy (non-hydrogen) atoms. The van der Waals surface area contributed by atoms with E-state index in [-0.39, 0.29) is 17.5 Å². The van der Waals surface area contributed by atoms with Gasteiger partial charge in [-0.25, -0.2) is 0 Å². The molecule has 0 aliphatic rings. The Kier molecular flexibility index (Phi) is 4.29. The Labute approximate surface area is 107 Å². The van der Waals surface area contributed by atoms with Gasteiger partial charge in [0.2, 0.25) is 0 Å². The lowest BCUT2D eigenvalue weighted by molar-refractivity contribution is -0.385. The minimum Gasteiger partial charge on any atom is -0.497 e. The van der Waals surface area contributed by atoms with Gasteiger partial charge in [-0.3, -0.25) is 10.1 Å². The van der Waals surface area contributed by atoms with Crippen LogP contribution >= 0.6 is 0 Å². The summed E-state index contributed by atoms with van der Waals surface area (Å²) in [5.41, 5.74) is 0.178. The van der Waals surface area contributed by atoms with E-state index in [1.54, 1.807) is 12.1 Å². The summed E-state index contributed by atoms with van der Waals surface area (Å²) in [7, 11) is 1.51. The topological polar surface area (TPSA) is 72.6 Å². The number of nitro groups is 1. The molecule has 1 aromatic carbocycles. The number of nitrogens with zero attached hydrogens (tertiary/aromatic N) is 1. The van der Waals surface area contributed by atoms with Crippen LogP contribution in [0.4, 0.5) is 5.69 Å². The number of hydrogen-bond donors (Lipinski definition) is 1. The van der Waals surface area contributed by atoms with Crippen molar-refractivity contribution in [1.82, 2.24) is 0 Å². The molecule has 100 valence electrons. The van der Waals surface area contributed by atoms with Crippen molar-refractivity contribution in [3.63, 3.8) is 0 Å². The van der Waals surface area contributed by atoms with Gasteiger partial charge in [0.15, 0.2) is 0 Å². The Morgan fingerprint density at radius 1 is 1.44 bits per heavy atom. The standard InChI is InChI=1S/C13H19NO4/c1-13(2,3)12(15)8-9-7-10(18-4)5-6-11(9)14(16)17/h5-7,12,15H,8H2,1-4H3. The van der Waals surface area contributed by atoms with Gasteiger partial charge in [-0.1, -0.05) is 20.8 Å². The summed E-state index contributed by atoms with van der Waals surface area (Å²) in [6.45, 7) is 5.68. The third-order valence-electron chi connectivity index (χ3n) is 2.90. The van der Waals surface area contributed by atoms with Gasteiger partial charge in [0.25, 0.3) is 5.69 Å². The molecule has 1 unspecified atom stereocenters. The molecule has 0 fully saturated rings. The lowest BCUT2D eigenvalue weighted by Crippen LogP contribution is -2.28. The zero-order chi connectivity index (χ0) is 13.9. The zero-order valence-corrected chi connectivity index (χ0v) is 11.1. The number of aliphatic hydroxyl groups excluding tert-OH is 1. The summed E-state index contributed by atoms with van der Waals surface area (Å²) < 4.78 is 5.05. The van der Waals surface area contributed by atoms with Gasteiger partial charge < -0.3 is 9.84 Å². The van der Waals surface area contributed by atoms with Gasteiger partial charge in [0, 0.05) is 18.1 Å². The van der Waals surface area contributed by atoms with Gasteiger partial charge in [0.1, 0.15) is 5.75 Å². The normalized spacial score (nSPS) is 13.2. The third kappa shape index (κ3) is 3.43. The Morgan fingerprint density at radius 3 is 2.50 bits per heavy atom. The van der Waals surface area contributed by atoms with Crippen molar-refractivity contribution < 1.29 is 14.8 Å². The van der Waals surface area contributed by atoms with Crippen LogP contribution in [0.25, 0.3) is 0 Å². The van der Waals surface area contributed by atoms with Crippen LogP contribution in [-0.4, -0.2) is 23.2 Å². The Bertz CT molecular complexity index is 437. The number of hydrogen-bond acceptors (Lipinski definition) is 4. The number of ether oxygens (including phenoxy) is 1. The first-order valence-electron chi connectivity index (χ1n) is 5.75. The molecular formula is C13H19NO4. The second-order valence-electron chi connectivity index (χ2n) is 5.34. The smallest absolute Gasteiger partial charge is 0.272 e. The highest BCUT2D eigenvalue weighted by Gasteiger charge is 2.25. The van der Waals surface area contributed by atoms with Crippen molar-refractivity contribution in [2.75, 3.05) is 7.11 Å². The zero-order valence-electron chi connectivity index (χ0n) is 11.1. The van der Waals surface area contributed by atoms with Gasteiger partial charge in [-0.05, 0) is 17.5 Å². The maximum Gasteiger partial charge on any atom is 0.272 e. The largest absolute Gasteiger partial charge is 0.497 e. The molecule has 5 heteroatoms. The van der Waals surface area contributed by atoms with E-state index in [1.807, 2.05) is 20.8 Å². The van der Waals surface area contributed by atoms with Crippen molar-refractivity contribution in [2.45, 2.75) is 33.3 Å². The van der Waals surface area contributed by atoms with Gasteiger partial charge in [-0.15, -0.1) is 0 Å². The van der Waals surface area contributed by atoms with Crippen LogP contribution in [0.15, 0.2) is 18.2 Å². The van der Waals surface area contributed by atoms with Crippen LogP contribution in [0.1, 0.15) is 26.3 Å². The van der Waals surface area contributed by atoms with Crippen LogP contribution < -0.4 is 4.74 Å². The van der Waals surface area contributed by atoms with E-state index in [1.165, 1.54) is 13.2 Å². The van der Waals surface area contributed by atoms with Crippen molar-refractivity contribution in [1.29, 1.82) is 0 Å². The minimum atomic E-state index is -0.650. The maximum absolute atomic E-state index is 10.9. The summed E-state index contributed by atoms with van der Waals surface area (Å²) >= 11 is 0. The number of methoxy groups -OCH3 is 1. The monoisotopic (exact) mass is 253 g/mol. The quantitative estimate of drug-likeness (QED) is 0.661. The third-order valence-corrected chi connectivity index (χ3v) is 2.90. The van der Waals surface area contributed by atoms with E-state index in [0.717, 1.165) is 0 Å². The molecule has 0 bridgehead atoms. The molecule has 1 atom stereocenters. The van der Waals surface area contributed by atoms with Crippen molar-refractivity contribution in [3.05, 3.63) is 33.9 Å². The number of aliphatic hydroxyl groups is 1. The minimum absolute atomic E-state index is 0.0131. The van der Waals surface area contributed by atoms with Gasteiger partial charge in [-0.2, -0.15) is 0 Å². The summed E-state index contributed by atoms with van der Waals surface area (Å²) in [6.07, 6.45) is -0.417. The molecule has 0 aliphatic carbocycles. The van der Waals surface area contributed by atoms with E-state index < -0.39 is 11.0 Å². The summed E-state index contributed by atoms with van der Waals surface area (Å²) in [5, 5.41) is 21.0. The fraction of sp³-hybridized carbons (Fsp3) is 0.538. The Morgan fingerprint density at radius 2 is 2.06 bits per heavy atom. The van der Waals surface area contributed by atoms with E-state index in [2.05, 4.69) is 0 Å². The van der Waals surface area contributed by atoms with Crippen LogP contribution in [0.5, 0.6) is 5.75 Å². The molecule has 0 radical (unpaired) electrons. The molecule has 0 aromatic heterocycles. The highest BCUT2D eigenvalue weighted by Crippen LogP contribution is 2.29. The second kappa shape index (κ2) is 5.35. The average Bonchev–Trinajstić information content (AvgIpc) is 2.27. The number of rotatable bonds is 4. The molecule has 1 N–H and O–H groups in total. The predicted molar refractivity (Wildman–Crippen MR) is 68.8 cm³/mol. The average molecular weight is 253 g/mol. The molecule has 1 rings (SSSR count). The van der Waals surface area contributed by atoms with E-state index in [4.69, 9.17) is 4.74 Å². The number of benzene rings is 1. The van der Waals surface area contributed by atoms with Gasteiger partial charge >= 0.3 is 0 Å². The van der Waals surface area contributed by atoms with Crippen molar-refractivity contribution in [3.8, 4) is 5.75 Å². The second-order valence-corrected chi connectivity index (χ2v) is 5.34. The molecule has 0 saturated carbocycles. The SMILES string of the molecule is COc1ccc([N+](=O)[O-])c(CC(O)C(C)(C)C)c1. The predicted octanol–water partition coefficient (Wildman–Crippen LogP) is 2.55. The summed E-state index contributed by atoms with van der Waals surface area (Å²) in [4.78, 5) is 10.5. The Balaban J connectivity index is 3.08. The summed E-state index contributed by atoms with van der Waals surface area (Å²) in [6, 6.07) is 4.56. The molecule has 0 saturated heterocycles. The van der Waals surface area contributed by atoms with Crippen LogP contribution in [0.2, 0.25) is 0 Å². The van der Waals surface area contributed by atoms with Crippen LogP contribution in [-0.2, 0) is 6.42 Å². The van der Waals surface area contributed by atoms with Crippen LogP contribution in [0.3, 0.4) is 0 Å². The lowest BCUT2D eigenvalue weighted by atomic mass is 9.85. The fourth-order valence-corrected chi connectivity index (χ4v) is 1.54. The molecular weight excluding hydrogens is 234 g/mol. The van der Waals surface area contributed by atoms with Gasteiger partial charge in [0.05, 0.1) is 18.1 Å². The van der Waals surface area contributed by atoms with E-state index in [9.17, 15) is 15.2 Å². The highest BCUT2D eigenvalue weighted by molar-refractivity contribution is 5.45. The molecule has 0 amide bonds. The van der Waals surface area contributed by atoms with E-state index in [0.29, 0.717) is 11.3 Å². The first kappa shape index (κ1) is 14.4. The highest BCUT2D eigenvalue weighted by atomic mass is 16.6. The maximum atomic E-state index is 10.9. The fourth-order valence-electron chi connectivity index (χ4n) is 1.54. The summed E-state index contributed by atoms with van der Waals surface area (Å²) in [5.74, 6) is 0.553. The molecule has 0 spiro atoms. The first-order valence-corrected chi connectivity index (χ1v) is 5.75. The molecule has 5 nitrogen and oxygen atoms in total.